The molecular formula is C19H19N3OS. The molecule has 4 nitrogen and oxygen atoms in total. The molecule has 0 bridgehead atoms. The van der Waals surface area contributed by atoms with Crippen LogP contribution in [0.2, 0.25) is 0 Å². The highest BCUT2D eigenvalue weighted by Crippen LogP contribution is 2.35. The van der Waals surface area contributed by atoms with Crippen LogP contribution in [0.4, 0.5) is 0 Å². The van der Waals surface area contributed by atoms with Crippen LogP contribution in [0.15, 0.2) is 60.5 Å². The Labute approximate surface area is 145 Å². The molecule has 0 spiro atoms. The van der Waals surface area contributed by atoms with Crippen LogP contribution in [-0.4, -0.2) is 26.9 Å². The molecule has 0 N–H and O–H groups in total. The number of carbonyl (C=O) groups excluding carboxylic acids is 1. The van der Waals surface area contributed by atoms with Crippen molar-refractivity contribution in [3.8, 4) is 0 Å². The number of imidazole rings is 1. The Hall–Kier alpha value is -2.40. The monoisotopic (exact) mass is 337 g/mol. The van der Waals surface area contributed by atoms with E-state index >= 15 is 0 Å². The molecule has 1 saturated heterocycles. The second-order valence-corrected chi connectivity index (χ2v) is 7.09. The number of likely N-dealkylation sites (tertiary alicyclic amines) is 1. The van der Waals surface area contributed by atoms with Gasteiger partial charge in [0.1, 0.15) is 0 Å². The molecule has 122 valence electrons. The van der Waals surface area contributed by atoms with Crippen LogP contribution in [0.5, 0.6) is 0 Å². The largest absolute Gasteiger partial charge is 0.333 e. The molecule has 1 amide bonds. The summed E-state index contributed by atoms with van der Waals surface area (Å²) in [5.41, 5.74) is 1.89. The van der Waals surface area contributed by atoms with Crippen molar-refractivity contribution in [1.29, 1.82) is 0 Å². The standard InChI is InChI=1S/C19H19N3OS/c23-19(22-9-2-6-17(22)18-7-3-11-24-18)16-5-1-4-15(12-16)13-21-10-8-20-14-21/h1,3-5,7-8,10-12,14,17H,2,6,9,13H2/t17-/m0/s1. The van der Waals surface area contributed by atoms with E-state index in [-0.39, 0.29) is 11.9 Å². The molecule has 3 heterocycles. The molecular weight excluding hydrogens is 318 g/mol. The van der Waals surface area contributed by atoms with Crippen LogP contribution >= 0.6 is 11.3 Å². The predicted molar refractivity (Wildman–Crippen MR) is 95.1 cm³/mol. The van der Waals surface area contributed by atoms with Crippen LogP contribution in [-0.2, 0) is 6.54 Å². The molecule has 5 heteroatoms. The minimum Gasteiger partial charge on any atom is -0.333 e. The SMILES string of the molecule is O=C(c1cccc(Cn2ccnc2)c1)N1CCC[C@H]1c1cccs1. The lowest BCUT2D eigenvalue weighted by molar-refractivity contribution is 0.0737. The van der Waals surface area contributed by atoms with E-state index < -0.39 is 0 Å². The Morgan fingerprint density at radius 3 is 3.04 bits per heavy atom. The number of rotatable bonds is 4. The Balaban J connectivity index is 1.55. The molecule has 4 rings (SSSR count). The lowest BCUT2D eigenvalue weighted by Crippen LogP contribution is -2.30. The molecule has 24 heavy (non-hydrogen) atoms. The Bertz CT molecular complexity index is 811. The van der Waals surface area contributed by atoms with Crippen molar-refractivity contribution in [3.63, 3.8) is 0 Å². The van der Waals surface area contributed by atoms with Crippen molar-refractivity contribution < 1.29 is 4.79 Å². The zero-order valence-electron chi connectivity index (χ0n) is 13.3. The molecule has 0 aliphatic carbocycles. The number of hydrogen-bond donors (Lipinski definition) is 0. The highest BCUT2D eigenvalue weighted by atomic mass is 32.1. The van der Waals surface area contributed by atoms with Crippen LogP contribution in [0.1, 0.15) is 39.7 Å². The molecule has 1 aromatic carbocycles. The molecule has 1 aliphatic heterocycles. The molecule has 1 aliphatic rings. The highest BCUT2D eigenvalue weighted by Gasteiger charge is 2.31. The number of amides is 1. The number of nitrogens with zero attached hydrogens (tertiary/aromatic N) is 3. The summed E-state index contributed by atoms with van der Waals surface area (Å²) in [6.07, 6.45) is 7.62. The first-order chi connectivity index (χ1) is 11.8. The van der Waals surface area contributed by atoms with E-state index in [1.54, 1.807) is 23.9 Å². The van der Waals surface area contributed by atoms with E-state index in [1.807, 2.05) is 33.9 Å². The molecule has 0 saturated carbocycles. The number of benzene rings is 1. The number of thiophene rings is 1. The lowest BCUT2D eigenvalue weighted by atomic mass is 10.1. The van der Waals surface area contributed by atoms with Crippen molar-refractivity contribution in [2.24, 2.45) is 0 Å². The molecule has 2 aromatic heterocycles. The summed E-state index contributed by atoms with van der Waals surface area (Å²) in [5.74, 6) is 0.137. The van der Waals surface area contributed by atoms with Gasteiger partial charge in [-0.3, -0.25) is 4.79 Å². The van der Waals surface area contributed by atoms with Crippen molar-refractivity contribution in [1.82, 2.24) is 14.5 Å². The first-order valence-electron chi connectivity index (χ1n) is 8.20. The van der Waals surface area contributed by atoms with Crippen molar-refractivity contribution in [2.45, 2.75) is 25.4 Å². The molecule has 1 atom stereocenters. The summed E-state index contributed by atoms with van der Waals surface area (Å²) in [5, 5.41) is 2.09. The lowest BCUT2D eigenvalue weighted by Gasteiger charge is -2.24. The van der Waals surface area contributed by atoms with Crippen LogP contribution in [0, 0.1) is 0 Å². The normalized spacial score (nSPS) is 17.3. The van der Waals surface area contributed by atoms with Gasteiger partial charge in [0.25, 0.3) is 5.91 Å². The minimum atomic E-state index is 0.137. The summed E-state index contributed by atoms with van der Waals surface area (Å²) < 4.78 is 2.01. The average molecular weight is 337 g/mol. The van der Waals surface area contributed by atoms with Gasteiger partial charge < -0.3 is 9.47 Å². The Morgan fingerprint density at radius 2 is 2.25 bits per heavy atom. The fourth-order valence-electron chi connectivity index (χ4n) is 3.35. The van der Waals surface area contributed by atoms with Crippen LogP contribution in [0.25, 0.3) is 0 Å². The summed E-state index contributed by atoms with van der Waals surface area (Å²) >= 11 is 1.74. The molecule has 0 radical (unpaired) electrons. The van der Waals surface area contributed by atoms with Crippen molar-refractivity contribution in [3.05, 3.63) is 76.5 Å². The Kier molecular flexibility index (Phi) is 4.17. The quantitative estimate of drug-likeness (QED) is 0.722. The zero-order chi connectivity index (χ0) is 16.4. The maximum atomic E-state index is 13.0. The van der Waals surface area contributed by atoms with E-state index in [0.29, 0.717) is 0 Å². The third-order valence-electron chi connectivity index (χ3n) is 4.48. The van der Waals surface area contributed by atoms with E-state index in [0.717, 1.165) is 37.1 Å². The second kappa shape index (κ2) is 6.61. The summed E-state index contributed by atoms with van der Waals surface area (Å²) in [6.45, 7) is 1.57. The average Bonchev–Trinajstić information content (AvgIpc) is 3.35. The fourth-order valence-corrected chi connectivity index (χ4v) is 4.22. The maximum absolute atomic E-state index is 13.0. The minimum absolute atomic E-state index is 0.137. The number of aromatic nitrogens is 2. The van der Waals surface area contributed by atoms with Gasteiger partial charge in [-0.05, 0) is 42.0 Å². The smallest absolute Gasteiger partial charge is 0.254 e. The third-order valence-corrected chi connectivity index (χ3v) is 5.46. The van der Waals surface area contributed by atoms with Gasteiger partial charge in [-0.25, -0.2) is 4.98 Å². The van der Waals surface area contributed by atoms with E-state index in [1.165, 1.54) is 4.88 Å². The van der Waals surface area contributed by atoms with E-state index in [4.69, 9.17) is 0 Å². The first kappa shape index (κ1) is 15.1. The van der Waals surface area contributed by atoms with Crippen molar-refractivity contribution in [2.75, 3.05) is 6.54 Å². The Morgan fingerprint density at radius 1 is 1.29 bits per heavy atom. The predicted octanol–water partition coefficient (Wildman–Crippen LogP) is 3.97. The van der Waals surface area contributed by atoms with Gasteiger partial charge in [0, 0.05) is 35.9 Å². The van der Waals surface area contributed by atoms with Gasteiger partial charge >= 0.3 is 0 Å². The van der Waals surface area contributed by atoms with E-state index in [9.17, 15) is 4.79 Å². The maximum Gasteiger partial charge on any atom is 0.254 e. The third kappa shape index (κ3) is 2.99. The highest BCUT2D eigenvalue weighted by molar-refractivity contribution is 7.10. The summed E-state index contributed by atoms with van der Waals surface area (Å²) in [7, 11) is 0. The van der Waals surface area contributed by atoms with Gasteiger partial charge in [0.15, 0.2) is 0 Å². The fraction of sp³-hybridized carbons (Fsp3) is 0.263. The summed E-state index contributed by atoms with van der Waals surface area (Å²) in [6, 6.07) is 12.4. The van der Waals surface area contributed by atoms with Crippen LogP contribution < -0.4 is 0 Å². The van der Waals surface area contributed by atoms with Gasteiger partial charge in [-0.1, -0.05) is 18.2 Å². The number of carbonyl (C=O) groups is 1. The van der Waals surface area contributed by atoms with Gasteiger partial charge in [0.05, 0.1) is 12.4 Å². The molecule has 0 unspecified atom stereocenters. The van der Waals surface area contributed by atoms with Crippen molar-refractivity contribution >= 4 is 17.2 Å². The summed E-state index contributed by atoms with van der Waals surface area (Å²) in [4.78, 5) is 20.4. The van der Waals surface area contributed by atoms with Gasteiger partial charge in [-0.15, -0.1) is 11.3 Å². The molecule has 1 fully saturated rings. The zero-order valence-corrected chi connectivity index (χ0v) is 14.2. The first-order valence-corrected chi connectivity index (χ1v) is 9.08. The molecule has 3 aromatic rings. The van der Waals surface area contributed by atoms with E-state index in [2.05, 4.69) is 28.6 Å². The van der Waals surface area contributed by atoms with Crippen LogP contribution in [0.3, 0.4) is 0 Å². The topological polar surface area (TPSA) is 38.1 Å². The van der Waals surface area contributed by atoms with Gasteiger partial charge in [0.2, 0.25) is 0 Å². The number of hydrogen-bond acceptors (Lipinski definition) is 3. The van der Waals surface area contributed by atoms with Gasteiger partial charge in [-0.2, -0.15) is 0 Å². The second-order valence-electron chi connectivity index (χ2n) is 6.11.